The normalized spacial score (nSPS) is 17.4. The number of H-pyrrole nitrogens is 1. The lowest BCUT2D eigenvalue weighted by Crippen LogP contribution is -2.41. The van der Waals surface area contributed by atoms with Crippen LogP contribution in [0.4, 0.5) is 0 Å². The molecule has 1 aliphatic rings. The van der Waals surface area contributed by atoms with E-state index in [1.807, 2.05) is 36.4 Å². The molecule has 0 spiro atoms. The van der Waals surface area contributed by atoms with Gasteiger partial charge in [0.15, 0.2) is 0 Å². The van der Waals surface area contributed by atoms with Crippen molar-refractivity contribution in [1.82, 2.24) is 20.2 Å². The van der Waals surface area contributed by atoms with Crippen molar-refractivity contribution < 1.29 is 14.3 Å². The number of hydrogen-bond donors (Lipinski definition) is 2. The minimum atomic E-state index is -0.302. The lowest BCUT2D eigenvalue weighted by Gasteiger charge is -2.31. The van der Waals surface area contributed by atoms with E-state index in [-0.39, 0.29) is 17.9 Å². The molecule has 0 radical (unpaired) electrons. The van der Waals surface area contributed by atoms with E-state index in [0.717, 1.165) is 11.3 Å². The summed E-state index contributed by atoms with van der Waals surface area (Å²) in [4.78, 5) is 32.6. The fraction of sp³-hybridized carbons (Fsp3) is 0.316. The number of nitrogens with zero attached hydrogens (tertiary/aromatic N) is 2. The van der Waals surface area contributed by atoms with Gasteiger partial charge in [0.1, 0.15) is 11.9 Å². The van der Waals surface area contributed by atoms with Gasteiger partial charge in [0.25, 0.3) is 0 Å². The second-order valence-electron chi connectivity index (χ2n) is 6.09. The first-order valence-electron chi connectivity index (χ1n) is 8.53. The fourth-order valence-electron chi connectivity index (χ4n) is 2.70. The van der Waals surface area contributed by atoms with Crippen LogP contribution in [0.1, 0.15) is 30.1 Å². The van der Waals surface area contributed by atoms with Gasteiger partial charge in [0.2, 0.25) is 11.8 Å². The second kappa shape index (κ2) is 8.44. The van der Waals surface area contributed by atoms with Gasteiger partial charge in [-0.05, 0) is 11.6 Å². The highest BCUT2D eigenvalue weighted by Gasteiger charge is 2.26. The molecule has 1 atom stereocenters. The quantitative estimate of drug-likeness (QED) is 0.800. The van der Waals surface area contributed by atoms with Crippen molar-refractivity contribution in [3.8, 4) is 0 Å². The maximum atomic E-state index is 12.4. The van der Waals surface area contributed by atoms with Gasteiger partial charge in [-0.2, -0.15) is 0 Å². The molecule has 7 heteroatoms. The number of carbonyl (C=O) groups is 2. The van der Waals surface area contributed by atoms with Crippen molar-refractivity contribution in [1.29, 1.82) is 0 Å². The predicted molar refractivity (Wildman–Crippen MR) is 96.9 cm³/mol. The zero-order chi connectivity index (χ0) is 18.4. The first-order valence-corrected chi connectivity index (χ1v) is 8.53. The fourth-order valence-corrected chi connectivity index (χ4v) is 2.70. The van der Waals surface area contributed by atoms with Crippen molar-refractivity contribution in [3.05, 3.63) is 59.7 Å². The molecule has 1 aromatic carbocycles. The van der Waals surface area contributed by atoms with Crippen molar-refractivity contribution in [2.24, 2.45) is 0 Å². The predicted octanol–water partition coefficient (Wildman–Crippen LogP) is 1.66. The van der Waals surface area contributed by atoms with E-state index in [9.17, 15) is 9.59 Å². The topological polar surface area (TPSA) is 87.3 Å². The number of aromatic nitrogens is 2. The van der Waals surface area contributed by atoms with Gasteiger partial charge < -0.3 is 19.9 Å². The van der Waals surface area contributed by atoms with Crippen LogP contribution in [0, 0.1) is 0 Å². The molecule has 0 bridgehead atoms. The molecule has 2 amide bonds. The van der Waals surface area contributed by atoms with E-state index in [4.69, 9.17) is 4.74 Å². The van der Waals surface area contributed by atoms with Gasteiger partial charge in [-0.25, -0.2) is 4.98 Å². The zero-order valence-electron chi connectivity index (χ0n) is 14.6. The van der Waals surface area contributed by atoms with Gasteiger partial charge in [0, 0.05) is 19.5 Å². The number of aromatic amines is 1. The number of benzene rings is 1. The minimum absolute atomic E-state index is 0.0489. The van der Waals surface area contributed by atoms with E-state index in [1.54, 1.807) is 17.2 Å². The molecule has 136 valence electrons. The number of carbonyl (C=O) groups excluding carboxylic acids is 2. The Hall–Kier alpha value is -2.93. The molecule has 1 saturated heterocycles. The number of rotatable bonds is 5. The third-order valence-electron chi connectivity index (χ3n) is 4.08. The molecule has 1 fully saturated rings. The van der Waals surface area contributed by atoms with E-state index in [2.05, 4.69) is 15.3 Å². The Bertz CT molecular complexity index is 785. The largest absolute Gasteiger partial charge is 0.367 e. The maximum Gasteiger partial charge on any atom is 0.246 e. The molecule has 2 heterocycles. The van der Waals surface area contributed by atoms with Gasteiger partial charge in [-0.15, -0.1) is 0 Å². The van der Waals surface area contributed by atoms with E-state index in [0.29, 0.717) is 32.1 Å². The van der Waals surface area contributed by atoms with Crippen LogP contribution in [0.25, 0.3) is 6.08 Å². The summed E-state index contributed by atoms with van der Waals surface area (Å²) in [5, 5.41) is 2.71. The van der Waals surface area contributed by atoms with Gasteiger partial charge in [-0.3, -0.25) is 9.59 Å². The Labute approximate surface area is 152 Å². The molecular weight excluding hydrogens is 332 g/mol. The van der Waals surface area contributed by atoms with Crippen LogP contribution in [0.5, 0.6) is 0 Å². The third-order valence-corrected chi connectivity index (χ3v) is 4.08. The summed E-state index contributed by atoms with van der Waals surface area (Å²) >= 11 is 0. The first kappa shape index (κ1) is 17.9. The SMILES string of the molecule is CC(=O)NCc1cnc([C@@H]2CN(C(=O)/C=C/c3ccccc3)CCO2)[nH]1. The monoisotopic (exact) mass is 354 g/mol. The summed E-state index contributed by atoms with van der Waals surface area (Å²) in [5.74, 6) is 0.513. The molecule has 2 aromatic rings. The molecule has 2 N–H and O–H groups in total. The summed E-state index contributed by atoms with van der Waals surface area (Å²) in [6.07, 6.45) is 4.77. The number of hydrogen-bond acceptors (Lipinski definition) is 4. The van der Waals surface area contributed by atoms with Crippen LogP contribution in [0.2, 0.25) is 0 Å². The lowest BCUT2D eigenvalue weighted by atomic mass is 10.2. The minimum Gasteiger partial charge on any atom is -0.367 e. The number of amides is 2. The van der Waals surface area contributed by atoms with Crippen LogP contribution in [0.15, 0.2) is 42.6 Å². The van der Waals surface area contributed by atoms with Crippen LogP contribution in [0.3, 0.4) is 0 Å². The Balaban J connectivity index is 1.59. The molecule has 1 aliphatic heterocycles. The number of ether oxygens (including phenoxy) is 1. The summed E-state index contributed by atoms with van der Waals surface area (Å²) < 4.78 is 5.75. The molecule has 0 unspecified atom stereocenters. The van der Waals surface area contributed by atoms with Gasteiger partial charge in [0.05, 0.1) is 31.6 Å². The zero-order valence-corrected chi connectivity index (χ0v) is 14.6. The Morgan fingerprint density at radius 2 is 2.19 bits per heavy atom. The summed E-state index contributed by atoms with van der Waals surface area (Å²) in [6.45, 7) is 3.29. The molecule has 1 aromatic heterocycles. The van der Waals surface area contributed by atoms with Crippen LogP contribution in [-0.2, 0) is 20.9 Å². The molecule has 0 saturated carbocycles. The van der Waals surface area contributed by atoms with Gasteiger partial charge in [-0.1, -0.05) is 30.3 Å². The Kier molecular flexibility index (Phi) is 5.80. The molecule has 7 nitrogen and oxygen atoms in total. The van der Waals surface area contributed by atoms with E-state index >= 15 is 0 Å². The lowest BCUT2D eigenvalue weighted by molar-refractivity contribution is -0.134. The highest BCUT2D eigenvalue weighted by Crippen LogP contribution is 2.20. The van der Waals surface area contributed by atoms with Crippen molar-refractivity contribution in [3.63, 3.8) is 0 Å². The smallest absolute Gasteiger partial charge is 0.246 e. The standard InChI is InChI=1S/C19H22N4O3/c1-14(24)20-11-16-12-21-19(22-16)17-13-23(9-10-26-17)18(25)8-7-15-5-3-2-4-6-15/h2-8,12,17H,9-11,13H2,1H3,(H,20,24)(H,21,22)/b8-7+/t17-/m0/s1. The molecule has 3 rings (SSSR count). The molecular formula is C19H22N4O3. The first-order chi connectivity index (χ1) is 12.6. The van der Waals surface area contributed by atoms with Crippen LogP contribution in [-0.4, -0.2) is 46.4 Å². The number of morpholine rings is 1. The molecule has 26 heavy (non-hydrogen) atoms. The molecule has 0 aliphatic carbocycles. The average molecular weight is 354 g/mol. The third kappa shape index (κ3) is 4.80. The Morgan fingerprint density at radius 3 is 2.96 bits per heavy atom. The maximum absolute atomic E-state index is 12.4. The number of nitrogens with one attached hydrogen (secondary N) is 2. The van der Waals surface area contributed by atoms with E-state index < -0.39 is 0 Å². The average Bonchev–Trinajstić information content (AvgIpc) is 3.14. The van der Waals surface area contributed by atoms with Crippen molar-refractivity contribution in [2.75, 3.05) is 19.7 Å². The van der Waals surface area contributed by atoms with Crippen molar-refractivity contribution in [2.45, 2.75) is 19.6 Å². The van der Waals surface area contributed by atoms with Crippen LogP contribution >= 0.6 is 0 Å². The van der Waals surface area contributed by atoms with Crippen LogP contribution < -0.4 is 5.32 Å². The highest BCUT2D eigenvalue weighted by atomic mass is 16.5. The summed E-state index contributed by atoms with van der Waals surface area (Å²) in [5.41, 5.74) is 1.78. The summed E-state index contributed by atoms with van der Waals surface area (Å²) in [7, 11) is 0. The van der Waals surface area contributed by atoms with Gasteiger partial charge >= 0.3 is 0 Å². The second-order valence-corrected chi connectivity index (χ2v) is 6.09. The van der Waals surface area contributed by atoms with E-state index in [1.165, 1.54) is 6.92 Å². The highest BCUT2D eigenvalue weighted by molar-refractivity contribution is 5.91. The van der Waals surface area contributed by atoms with Crippen molar-refractivity contribution >= 4 is 17.9 Å². The number of imidazole rings is 1. The summed E-state index contributed by atoms with van der Waals surface area (Å²) in [6, 6.07) is 9.71. The Morgan fingerprint density at radius 1 is 1.38 bits per heavy atom.